The first-order chi connectivity index (χ1) is 14.5. The van der Waals surface area contributed by atoms with Crippen LogP contribution in [0.5, 0.6) is 0 Å². The van der Waals surface area contributed by atoms with Gasteiger partial charge in [-0.2, -0.15) is 0 Å². The molecule has 0 amide bonds. The third kappa shape index (κ3) is 21.6. The first-order valence-electron chi connectivity index (χ1n) is 12.4. The van der Waals surface area contributed by atoms with E-state index >= 15 is 0 Å². The van der Waals surface area contributed by atoms with E-state index < -0.39 is 0 Å². The smallest absolute Gasteiger partial charge is 0.306 e. The quantitative estimate of drug-likeness (QED) is 0.149. The van der Waals surface area contributed by atoms with Gasteiger partial charge in [-0.25, -0.2) is 0 Å². The third-order valence-electron chi connectivity index (χ3n) is 5.17. The standard InChI is InChI=1S/C25H48O5/c1-5-23(4)30-25(27)19-15-11-9-7-6-8-10-14-18-24(26)29-21-17-13-12-16-20-28-22(2)3/h22-23H,5-21H2,1-4H3. The van der Waals surface area contributed by atoms with Gasteiger partial charge in [0.05, 0.1) is 18.8 Å². The van der Waals surface area contributed by atoms with Gasteiger partial charge in [0.1, 0.15) is 0 Å². The van der Waals surface area contributed by atoms with Crippen molar-refractivity contribution in [2.24, 2.45) is 0 Å². The molecule has 0 aromatic heterocycles. The molecule has 0 radical (unpaired) electrons. The molecule has 0 heterocycles. The maximum Gasteiger partial charge on any atom is 0.306 e. The van der Waals surface area contributed by atoms with Crippen molar-refractivity contribution in [3.63, 3.8) is 0 Å². The van der Waals surface area contributed by atoms with E-state index in [1.807, 2.05) is 13.8 Å². The highest BCUT2D eigenvalue weighted by Crippen LogP contribution is 2.12. The van der Waals surface area contributed by atoms with E-state index in [1.165, 1.54) is 25.7 Å². The molecule has 0 spiro atoms. The lowest BCUT2D eigenvalue weighted by Crippen LogP contribution is -2.13. The number of carbonyl (C=O) groups excluding carboxylic acids is 2. The fraction of sp³-hybridized carbons (Fsp3) is 0.920. The average molecular weight is 429 g/mol. The number of hydrogen-bond acceptors (Lipinski definition) is 5. The maximum absolute atomic E-state index is 11.7. The Kier molecular flexibility index (Phi) is 20.4. The predicted molar refractivity (Wildman–Crippen MR) is 123 cm³/mol. The molecule has 0 aliphatic carbocycles. The van der Waals surface area contributed by atoms with Gasteiger partial charge >= 0.3 is 11.9 Å². The summed E-state index contributed by atoms with van der Waals surface area (Å²) in [5, 5.41) is 0. The van der Waals surface area contributed by atoms with E-state index in [0.717, 1.165) is 64.4 Å². The van der Waals surface area contributed by atoms with Crippen molar-refractivity contribution in [3.8, 4) is 0 Å². The van der Waals surface area contributed by atoms with Crippen LogP contribution in [-0.2, 0) is 23.8 Å². The summed E-state index contributed by atoms with van der Waals surface area (Å²) in [5.74, 6) is -0.116. The van der Waals surface area contributed by atoms with Crippen LogP contribution in [0.1, 0.15) is 124 Å². The Morgan fingerprint density at radius 2 is 1.10 bits per heavy atom. The molecule has 0 aromatic carbocycles. The molecule has 30 heavy (non-hydrogen) atoms. The van der Waals surface area contributed by atoms with Gasteiger partial charge in [0.15, 0.2) is 0 Å². The molecule has 0 aromatic rings. The minimum Gasteiger partial charge on any atom is -0.466 e. The molecule has 0 saturated heterocycles. The molecular formula is C25H48O5. The number of esters is 2. The largest absolute Gasteiger partial charge is 0.466 e. The van der Waals surface area contributed by atoms with E-state index in [-0.39, 0.29) is 18.0 Å². The Labute approximate surface area is 185 Å². The van der Waals surface area contributed by atoms with E-state index in [1.54, 1.807) is 0 Å². The number of rotatable bonds is 21. The molecular weight excluding hydrogens is 380 g/mol. The molecule has 0 bridgehead atoms. The fourth-order valence-corrected chi connectivity index (χ4v) is 3.10. The lowest BCUT2D eigenvalue weighted by molar-refractivity contribution is -0.148. The first-order valence-corrected chi connectivity index (χ1v) is 12.4. The lowest BCUT2D eigenvalue weighted by Gasteiger charge is -2.10. The summed E-state index contributed by atoms with van der Waals surface area (Å²) >= 11 is 0. The molecule has 5 heteroatoms. The van der Waals surface area contributed by atoms with E-state index in [2.05, 4.69) is 13.8 Å². The van der Waals surface area contributed by atoms with Crippen molar-refractivity contribution < 1.29 is 23.8 Å². The first kappa shape index (κ1) is 28.9. The third-order valence-corrected chi connectivity index (χ3v) is 5.17. The minimum absolute atomic E-state index is 0.0368. The van der Waals surface area contributed by atoms with Crippen molar-refractivity contribution in [2.45, 2.75) is 136 Å². The van der Waals surface area contributed by atoms with Crippen LogP contribution in [0, 0.1) is 0 Å². The van der Waals surface area contributed by atoms with Crippen molar-refractivity contribution in [1.82, 2.24) is 0 Å². The zero-order valence-corrected chi connectivity index (χ0v) is 20.2. The van der Waals surface area contributed by atoms with Gasteiger partial charge in [-0.15, -0.1) is 0 Å². The highest BCUT2D eigenvalue weighted by molar-refractivity contribution is 5.69. The molecule has 0 aliphatic heterocycles. The van der Waals surface area contributed by atoms with Crippen LogP contribution in [0.4, 0.5) is 0 Å². The highest BCUT2D eigenvalue weighted by atomic mass is 16.5. The van der Waals surface area contributed by atoms with Gasteiger partial charge in [-0.1, -0.05) is 51.9 Å². The van der Waals surface area contributed by atoms with Gasteiger partial charge in [0.25, 0.3) is 0 Å². The SMILES string of the molecule is CCC(C)OC(=O)CCCCCCCCCCC(=O)OCCCCCCOC(C)C. The lowest BCUT2D eigenvalue weighted by atomic mass is 10.1. The predicted octanol–water partition coefficient (Wildman–Crippen LogP) is 6.76. The van der Waals surface area contributed by atoms with Crippen LogP contribution in [0.25, 0.3) is 0 Å². The van der Waals surface area contributed by atoms with Crippen LogP contribution in [0.2, 0.25) is 0 Å². The van der Waals surface area contributed by atoms with Gasteiger partial charge in [0, 0.05) is 19.4 Å². The maximum atomic E-state index is 11.7. The number of unbranched alkanes of at least 4 members (excludes halogenated alkanes) is 10. The Balaban J connectivity index is 3.27. The van der Waals surface area contributed by atoms with E-state index in [4.69, 9.17) is 14.2 Å². The van der Waals surface area contributed by atoms with Crippen molar-refractivity contribution >= 4 is 11.9 Å². The second kappa shape index (κ2) is 21.1. The highest BCUT2D eigenvalue weighted by Gasteiger charge is 2.07. The Morgan fingerprint density at radius 3 is 1.63 bits per heavy atom. The summed E-state index contributed by atoms with van der Waals surface area (Å²) in [4.78, 5) is 23.3. The second-order valence-electron chi connectivity index (χ2n) is 8.59. The summed E-state index contributed by atoms with van der Waals surface area (Å²) in [6.07, 6.45) is 15.3. The molecule has 0 saturated carbocycles. The van der Waals surface area contributed by atoms with Crippen molar-refractivity contribution in [1.29, 1.82) is 0 Å². The normalized spacial score (nSPS) is 12.2. The zero-order valence-electron chi connectivity index (χ0n) is 20.2. The monoisotopic (exact) mass is 428 g/mol. The summed E-state index contributed by atoms with van der Waals surface area (Å²) in [5.41, 5.74) is 0. The molecule has 178 valence electrons. The molecule has 0 N–H and O–H groups in total. The topological polar surface area (TPSA) is 61.8 Å². The Hall–Kier alpha value is -1.10. The van der Waals surface area contributed by atoms with Gasteiger partial charge < -0.3 is 14.2 Å². The Bertz CT molecular complexity index is 408. The summed E-state index contributed by atoms with van der Waals surface area (Å²) in [7, 11) is 0. The fourth-order valence-electron chi connectivity index (χ4n) is 3.10. The number of ether oxygens (including phenoxy) is 3. The molecule has 0 rings (SSSR count). The Morgan fingerprint density at radius 1 is 0.633 bits per heavy atom. The van der Waals surface area contributed by atoms with Gasteiger partial charge in [-0.05, 0) is 59.3 Å². The molecule has 0 fully saturated rings. The molecule has 0 aliphatic rings. The van der Waals surface area contributed by atoms with Crippen LogP contribution in [-0.4, -0.2) is 37.4 Å². The second-order valence-corrected chi connectivity index (χ2v) is 8.59. The van der Waals surface area contributed by atoms with Crippen LogP contribution in [0.3, 0.4) is 0 Å². The number of hydrogen-bond donors (Lipinski definition) is 0. The van der Waals surface area contributed by atoms with Gasteiger partial charge in [-0.3, -0.25) is 9.59 Å². The van der Waals surface area contributed by atoms with Crippen LogP contribution < -0.4 is 0 Å². The van der Waals surface area contributed by atoms with Gasteiger partial charge in [0.2, 0.25) is 0 Å². The summed E-state index contributed by atoms with van der Waals surface area (Å²) in [6, 6.07) is 0. The van der Waals surface area contributed by atoms with Crippen molar-refractivity contribution in [3.05, 3.63) is 0 Å². The van der Waals surface area contributed by atoms with Crippen LogP contribution >= 0.6 is 0 Å². The molecule has 1 unspecified atom stereocenters. The van der Waals surface area contributed by atoms with Crippen molar-refractivity contribution in [2.75, 3.05) is 13.2 Å². The molecule has 1 atom stereocenters. The molecule has 5 nitrogen and oxygen atoms in total. The van der Waals surface area contributed by atoms with Crippen LogP contribution in [0.15, 0.2) is 0 Å². The summed E-state index contributed by atoms with van der Waals surface area (Å²) in [6.45, 7) is 9.44. The average Bonchev–Trinajstić information content (AvgIpc) is 2.70. The summed E-state index contributed by atoms with van der Waals surface area (Å²) < 4.78 is 16.1. The van der Waals surface area contributed by atoms with E-state index in [9.17, 15) is 9.59 Å². The number of carbonyl (C=O) groups is 2. The van der Waals surface area contributed by atoms with E-state index in [0.29, 0.717) is 25.6 Å². The zero-order chi connectivity index (χ0) is 22.5. The minimum atomic E-state index is -0.0625.